The average molecular weight is 189 g/mol. The molecule has 0 saturated carbocycles. The van der Waals surface area contributed by atoms with Crippen LogP contribution < -0.4 is 0 Å². The van der Waals surface area contributed by atoms with Crippen LogP contribution >= 0.6 is 0 Å². The zero-order valence-corrected chi connectivity index (χ0v) is 7.89. The summed E-state index contributed by atoms with van der Waals surface area (Å²) in [6.45, 7) is 3.47. The van der Waals surface area contributed by atoms with E-state index in [1.54, 1.807) is 26.0 Å². The third-order valence-corrected chi connectivity index (χ3v) is 1.60. The molecule has 1 aromatic carbocycles. The summed E-state index contributed by atoms with van der Waals surface area (Å²) in [5.74, 6) is 0.322. The topological polar surface area (TPSA) is 40.5 Å². The molecule has 0 aliphatic rings. The first-order valence-electron chi connectivity index (χ1n) is 3.11. The van der Waals surface area contributed by atoms with Crippen molar-refractivity contribution in [1.82, 2.24) is 0 Å². The zero-order chi connectivity index (χ0) is 7.72. The fourth-order valence-electron chi connectivity index (χ4n) is 0.825. The minimum Gasteiger partial charge on any atom is -0.508 e. The van der Waals surface area contributed by atoms with Gasteiger partial charge in [-0.2, -0.15) is 0 Å². The van der Waals surface area contributed by atoms with E-state index in [0.717, 1.165) is 5.56 Å². The normalized spacial score (nSPS) is 8.91. The van der Waals surface area contributed by atoms with Crippen molar-refractivity contribution in [3.63, 3.8) is 0 Å². The molecule has 0 aliphatic carbocycles. The average Bonchev–Trinajstić information content (AvgIpc) is 1.93. The van der Waals surface area contributed by atoms with Gasteiger partial charge in [0.15, 0.2) is 0 Å². The van der Waals surface area contributed by atoms with Crippen LogP contribution in [0.25, 0.3) is 0 Å². The molecule has 0 fully saturated rings. The summed E-state index contributed by atoms with van der Waals surface area (Å²) in [6.07, 6.45) is 0. The minimum absolute atomic E-state index is 0. The van der Waals surface area contributed by atoms with Gasteiger partial charge in [0.1, 0.15) is 11.5 Å². The predicted molar refractivity (Wildman–Crippen MR) is 39.2 cm³/mol. The minimum atomic E-state index is 0. The predicted octanol–water partition coefficient (Wildman–Crippen LogP) is 1.71. The van der Waals surface area contributed by atoms with E-state index in [-0.39, 0.29) is 30.1 Å². The van der Waals surface area contributed by atoms with Crippen LogP contribution in [-0.4, -0.2) is 10.2 Å². The van der Waals surface area contributed by atoms with Crippen LogP contribution in [0.2, 0.25) is 0 Å². The Labute approximate surface area is 77.8 Å². The Bertz CT molecular complexity index is 232. The van der Waals surface area contributed by atoms with E-state index in [2.05, 4.69) is 0 Å². The number of phenols is 2. The second-order valence-electron chi connectivity index (χ2n) is 2.38. The molecule has 3 heteroatoms. The van der Waals surface area contributed by atoms with Crippen molar-refractivity contribution in [3.05, 3.63) is 23.3 Å². The Morgan fingerprint density at radius 2 is 1.64 bits per heavy atom. The van der Waals surface area contributed by atoms with Crippen molar-refractivity contribution in [3.8, 4) is 11.5 Å². The second-order valence-corrected chi connectivity index (χ2v) is 2.38. The molecule has 1 aromatic rings. The molecule has 0 heterocycles. The summed E-state index contributed by atoms with van der Waals surface area (Å²) >= 11 is 0. The maximum Gasteiger partial charge on any atom is 0.125 e. The van der Waals surface area contributed by atoms with Gasteiger partial charge < -0.3 is 10.2 Å². The van der Waals surface area contributed by atoms with Crippen LogP contribution in [0.5, 0.6) is 11.5 Å². The van der Waals surface area contributed by atoms with E-state index in [4.69, 9.17) is 5.11 Å². The molecule has 0 aromatic heterocycles. The van der Waals surface area contributed by atoms with Crippen LogP contribution in [-0.2, 0) is 18.6 Å². The molecule has 0 unspecified atom stereocenters. The first-order chi connectivity index (χ1) is 4.63. The molecule has 0 aliphatic heterocycles. The number of benzene rings is 1. The molecule has 0 bridgehead atoms. The van der Waals surface area contributed by atoms with Crippen molar-refractivity contribution >= 4 is 0 Å². The first kappa shape index (κ1) is 10.4. The standard InChI is InChI=1S/C8H10O2.V/c1-5-3-4-7(9)6(2)8(5)10;/h3-4,9-10H,1-2H3;. The van der Waals surface area contributed by atoms with Crippen LogP contribution in [0.1, 0.15) is 11.1 Å². The Hall–Kier alpha value is -0.596. The SMILES string of the molecule is Cc1ccc(O)c(C)c1O.[V]. The largest absolute Gasteiger partial charge is 0.508 e. The molecule has 0 amide bonds. The van der Waals surface area contributed by atoms with Gasteiger partial charge in [0.25, 0.3) is 0 Å². The molecular formula is C8H10O2V. The fraction of sp³-hybridized carbons (Fsp3) is 0.250. The van der Waals surface area contributed by atoms with Gasteiger partial charge in [-0.05, 0) is 25.5 Å². The number of aromatic hydroxyl groups is 2. The van der Waals surface area contributed by atoms with E-state index >= 15 is 0 Å². The van der Waals surface area contributed by atoms with Gasteiger partial charge in [0.05, 0.1) is 0 Å². The number of hydrogen-bond donors (Lipinski definition) is 2. The van der Waals surface area contributed by atoms with Crippen LogP contribution in [0.3, 0.4) is 0 Å². The molecule has 1 radical (unpaired) electrons. The van der Waals surface area contributed by atoms with Crippen molar-refractivity contribution in [1.29, 1.82) is 0 Å². The van der Waals surface area contributed by atoms with Gasteiger partial charge in [-0.25, -0.2) is 0 Å². The van der Waals surface area contributed by atoms with Crippen LogP contribution in [0, 0.1) is 13.8 Å². The third-order valence-electron chi connectivity index (χ3n) is 1.60. The van der Waals surface area contributed by atoms with Gasteiger partial charge >= 0.3 is 0 Å². The number of hydrogen-bond acceptors (Lipinski definition) is 2. The Morgan fingerprint density at radius 1 is 1.09 bits per heavy atom. The Kier molecular flexibility index (Phi) is 3.50. The van der Waals surface area contributed by atoms with Gasteiger partial charge in [-0.15, -0.1) is 0 Å². The van der Waals surface area contributed by atoms with Gasteiger partial charge in [-0.3, -0.25) is 0 Å². The van der Waals surface area contributed by atoms with Crippen molar-refractivity contribution < 1.29 is 28.8 Å². The number of phenolic OH excluding ortho intramolecular Hbond substituents is 2. The van der Waals surface area contributed by atoms with E-state index in [9.17, 15) is 5.11 Å². The van der Waals surface area contributed by atoms with E-state index in [0.29, 0.717) is 5.56 Å². The van der Waals surface area contributed by atoms with Crippen LogP contribution in [0.15, 0.2) is 12.1 Å². The maximum atomic E-state index is 9.23. The third kappa shape index (κ3) is 1.92. The zero-order valence-electron chi connectivity index (χ0n) is 6.50. The van der Waals surface area contributed by atoms with Crippen LogP contribution in [0.4, 0.5) is 0 Å². The molecule has 1 rings (SSSR count). The summed E-state index contributed by atoms with van der Waals surface area (Å²) in [7, 11) is 0. The van der Waals surface area contributed by atoms with E-state index < -0.39 is 0 Å². The Balaban J connectivity index is 0.000001000. The van der Waals surface area contributed by atoms with E-state index in [1.165, 1.54) is 0 Å². The van der Waals surface area contributed by atoms with Gasteiger partial charge in [0.2, 0.25) is 0 Å². The van der Waals surface area contributed by atoms with Crippen molar-refractivity contribution in [2.24, 2.45) is 0 Å². The molecule has 59 valence electrons. The smallest absolute Gasteiger partial charge is 0.125 e. The van der Waals surface area contributed by atoms with E-state index in [1.807, 2.05) is 0 Å². The number of aryl methyl sites for hydroxylation is 1. The summed E-state index contributed by atoms with van der Waals surface area (Å²) in [6, 6.07) is 3.25. The van der Waals surface area contributed by atoms with Crippen molar-refractivity contribution in [2.45, 2.75) is 13.8 Å². The van der Waals surface area contributed by atoms with Gasteiger partial charge in [0, 0.05) is 24.1 Å². The first-order valence-corrected chi connectivity index (χ1v) is 3.11. The fourth-order valence-corrected chi connectivity index (χ4v) is 0.825. The summed E-state index contributed by atoms with van der Waals surface area (Å²) in [5, 5.41) is 18.3. The number of rotatable bonds is 0. The van der Waals surface area contributed by atoms with Gasteiger partial charge in [-0.1, -0.05) is 6.07 Å². The van der Waals surface area contributed by atoms with Crippen molar-refractivity contribution in [2.75, 3.05) is 0 Å². The summed E-state index contributed by atoms with van der Waals surface area (Å²) in [5.41, 5.74) is 1.33. The molecule has 0 spiro atoms. The quantitative estimate of drug-likeness (QED) is 0.652. The maximum absolute atomic E-state index is 9.23. The molecule has 0 saturated heterocycles. The molecule has 11 heavy (non-hydrogen) atoms. The monoisotopic (exact) mass is 189 g/mol. The summed E-state index contributed by atoms with van der Waals surface area (Å²) < 4.78 is 0. The second kappa shape index (κ2) is 3.70. The molecular weight excluding hydrogens is 179 g/mol. The molecule has 2 N–H and O–H groups in total. The Morgan fingerprint density at radius 3 is 2.09 bits per heavy atom. The molecule has 0 atom stereocenters. The molecule has 2 nitrogen and oxygen atoms in total. The summed E-state index contributed by atoms with van der Waals surface area (Å²) in [4.78, 5) is 0.